The van der Waals surface area contributed by atoms with Crippen LogP contribution in [-0.2, 0) is 0 Å². The summed E-state index contributed by atoms with van der Waals surface area (Å²) >= 11 is 0. The molecule has 1 aromatic rings. The van der Waals surface area contributed by atoms with E-state index in [1.165, 1.54) is 6.07 Å². The highest BCUT2D eigenvalue weighted by Crippen LogP contribution is 2.09. The summed E-state index contributed by atoms with van der Waals surface area (Å²) in [6.07, 6.45) is 0. The predicted molar refractivity (Wildman–Crippen MR) is 36.3 cm³/mol. The second-order valence-electron chi connectivity index (χ2n) is 2.07. The second kappa shape index (κ2) is 3.09. The Kier molecular flexibility index (Phi) is 2.15. The van der Waals surface area contributed by atoms with Crippen LogP contribution in [0.2, 0.25) is 0 Å². The molecule has 0 radical (unpaired) electrons. The fourth-order valence-corrected chi connectivity index (χ4v) is 0.734. The number of nitriles is 1. The maximum atomic E-state index is 12.7. The van der Waals surface area contributed by atoms with Crippen molar-refractivity contribution in [3.8, 4) is 6.07 Å². The van der Waals surface area contributed by atoms with Crippen LogP contribution in [0.25, 0.3) is 0 Å². The zero-order valence-corrected chi connectivity index (χ0v) is 5.84. The van der Waals surface area contributed by atoms with Crippen LogP contribution in [0.1, 0.15) is 10.4 Å². The maximum Gasteiger partial charge on any atom is 0.265 e. The Labute approximate surface area is 67.0 Å². The predicted octanol–water partition coefficient (Wildman–Crippen LogP) is 1.67. The normalized spacial score (nSPS) is 9.08. The van der Waals surface area contributed by atoms with E-state index in [-0.39, 0.29) is 0 Å². The number of ketones is 1. The molecule has 0 saturated heterocycles. The molecule has 2 nitrogen and oxygen atoms in total. The molecule has 0 amide bonds. The molecular formula is C8H3F2NO. The first kappa shape index (κ1) is 8.34. The van der Waals surface area contributed by atoms with Crippen molar-refractivity contribution >= 4 is 5.78 Å². The summed E-state index contributed by atoms with van der Waals surface area (Å²) in [5.74, 6) is -2.80. The lowest BCUT2D eigenvalue weighted by molar-refractivity contribution is 0.105. The highest BCUT2D eigenvalue weighted by molar-refractivity contribution is 6.07. The quantitative estimate of drug-likeness (QED) is 0.471. The second-order valence-corrected chi connectivity index (χ2v) is 2.07. The Hall–Kier alpha value is -1.76. The summed E-state index contributed by atoms with van der Waals surface area (Å²) in [4.78, 5) is 10.6. The van der Waals surface area contributed by atoms with Gasteiger partial charge in [0, 0.05) is 6.07 Å². The van der Waals surface area contributed by atoms with Gasteiger partial charge in [0.1, 0.15) is 17.7 Å². The van der Waals surface area contributed by atoms with Crippen molar-refractivity contribution in [2.75, 3.05) is 0 Å². The molecule has 60 valence electrons. The number of nitrogens with zero attached hydrogens (tertiary/aromatic N) is 1. The Bertz CT molecular complexity index is 368. The fourth-order valence-electron chi connectivity index (χ4n) is 0.734. The van der Waals surface area contributed by atoms with Gasteiger partial charge in [0.25, 0.3) is 5.78 Å². The molecule has 0 fully saturated rings. The summed E-state index contributed by atoms with van der Waals surface area (Å²) in [6.45, 7) is 0. The Balaban J connectivity index is 3.20. The van der Waals surface area contributed by atoms with Gasteiger partial charge in [0.2, 0.25) is 0 Å². The number of hydrogen-bond donors (Lipinski definition) is 0. The van der Waals surface area contributed by atoms with Crippen LogP contribution in [0.4, 0.5) is 8.78 Å². The summed E-state index contributed by atoms with van der Waals surface area (Å²) in [7, 11) is 0. The number of halogens is 2. The van der Waals surface area contributed by atoms with E-state index in [0.717, 1.165) is 12.1 Å². The minimum Gasteiger partial charge on any atom is -0.277 e. The van der Waals surface area contributed by atoms with Gasteiger partial charge in [-0.05, 0) is 12.1 Å². The van der Waals surface area contributed by atoms with E-state index >= 15 is 0 Å². The number of benzene rings is 1. The van der Waals surface area contributed by atoms with Gasteiger partial charge in [-0.25, -0.2) is 8.78 Å². The van der Waals surface area contributed by atoms with Gasteiger partial charge in [0.15, 0.2) is 0 Å². The van der Waals surface area contributed by atoms with Crippen LogP contribution in [0.5, 0.6) is 0 Å². The fraction of sp³-hybridized carbons (Fsp3) is 0. The zero-order chi connectivity index (χ0) is 9.14. The van der Waals surface area contributed by atoms with Crippen LogP contribution >= 0.6 is 0 Å². The van der Waals surface area contributed by atoms with Gasteiger partial charge in [-0.1, -0.05) is 0 Å². The third kappa shape index (κ3) is 1.45. The lowest BCUT2D eigenvalue weighted by Crippen LogP contribution is -1.98. The number of Topliss-reactive ketones (excluding diaryl/α,β-unsaturated/α-hetero) is 1. The molecule has 0 bridgehead atoms. The molecule has 0 unspecified atom stereocenters. The molecule has 0 N–H and O–H groups in total. The standard InChI is InChI=1S/C8H3F2NO/c9-5-1-2-6(7(10)3-5)8(12)4-11/h1-3H. The molecule has 0 saturated carbocycles. The number of hydrogen-bond acceptors (Lipinski definition) is 2. The molecule has 1 aromatic carbocycles. The number of carbonyl (C=O) groups is 1. The van der Waals surface area contributed by atoms with E-state index in [9.17, 15) is 13.6 Å². The van der Waals surface area contributed by atoms with Crippen molar-refractivity contribution < 1.29 is 13.6 Å². The van der Waals surface area contributed by atoms with Crippen molar-refractivity contribution in [1.29, 1.82) is 5.26 Å². The first-order chi connectivity index (χ1) is 5.65. The lowest BCUT2D eigenvalue weighted by atomic mass is 10.1. The Morgan fingerprint density at radius 3 is 2.58 bits per heavy atom. The van der Waals surface area contributed by atoms with Gasteiger partial charge in [-0.2, -0.15) is 5.26 Å². The summed E-state index contributed by atoms with van der Waals surface area (Å²) in [5, 5.41) is 8.12. The molecule has 12 heavy (non-hydrogen) atoms. The van der Waals surface area contributed by atoms with Crippen LogP contribution in [0, 0.1) is 23.0 Å². The monoisotopic (exact) mass is 167 g/mol. The van der Waals surface area contributed by atoms with Gasteiger partial charge < -0.3 is 0 Å². The summed E-state index contributed by atoms with van der Waals surface area (Å²) < 4.78 is 25.0. The molecule has 0 aromatic heterocycles. The summed E-state index contributed by atoms with van der Waals surface area (Å²) in [6, 6.07) is 3.67. The molecule has 1 rings (SSSR count). The molecule has 0 aliphatic heterocycles. The third-order valence-corrected chi connectivity index (χ3v) is 1.28. The van der Waals surface area contributed by atoms with Crippen LogP contribution in [0.15, 0.2) is 18.2 Å². The highest BCUT2D eigenvalue weighted by Gasteiger charge is 2.10. The zero-order valence-electron chi connectivity index (χ0n) is 5.84. The summed E-state index contributed by atoms with van der Waals surface area (Å²) in [5.41, 5.74) is -0.404. The molecule has 4 heteroatoms. The smallest absolute Gasteiger partial charge is 0.265 e. The van der Waals surface area contributed by atoms with Gasteiger partial charge in [0.05, 0.1) is 5.56 Å². The average molecular weight is 167 g/mol. The number of rotatable bonds is 1. The minimum atomic E-state index is -1.01. The number of carbonyl (C=O) groups excluding carboxylic acids is 1. The molecule has 0 aliphatic carbocycles. The van der Waals surface area contributed by atoms with Gasteiger partial charge in [-0.3, -0.25) is 4.79 Å². The minimum absolute atomic E-state index is 0.404. The van der Waals surface area contributed by atoms with E-state index in [4.69, 9.17) is 5.26 Å². The van der Waals surface area contributed by atoms with E-state index < -0.39 is 23.0 Å². The van der Waals surface area contributed by atoms with Crippen LogP contribution in [-0.4, -0.2) is 5.78 Å². The largest absolute Gasteiger partial charge is 0.277 e. The SMILES string of the molecule is N#CC(=O)c1ccc(F)cc1F. The van der Waals surface area contributed by atoms with Crippen molar-refractivity contribution in [2.45, 2.75) is 0 Å². The lowest BCUT2D eigenvalue weighted by Gasteiger charge is -1.94. The molecule has 0 aliphatic rings. The van der Waals surface area contributed by atoms with E-state index in [1.807, 2.05) is 0 Å². The molecule has 0 spiro atoms. The van der Waals surface area contributed by atoms with E-state index in [2.05, 4.69) is 0 Å². The Morgan fingerprint density at radius 2 is 2.08 bits per heavy atom. The van der Waals surface area contributed by atoms with Crippen molar-refractivity contribution in [1.82, 2.24) is 0 Å². The maximum absolute atomic E-state index is 12.7. The average Bonchev–Trinajstić information content (AvgIpc) is 2.03. The van der Waals surface area contributed by atoms with Crippen molar-refractivity contribution in [3.05, 3.63) is 35.4 Å². The van der Waals surface area contributed by atoms with Gasteiger partial charge >= 0.3 is 0 Å². The first-order valence-electron chi connectivity index (χ1n) is 3.04. The van der Waals surface area contributed by atoms with E-state index in [0.29, 0.717) is 6.07 Å². The van der Waals surface area contributed by atoms with Crippen molar-refractivity contribution in [2.24, 2.45) is 0 Å². The molecule has 0 heterocycles. The third-order valence-electron chi connectivity index (χ3n) is 1.28. The molecular weight excluding hydrogens is 164 g/mol. The first-order valence-corrected chi connectivity index (χ1v) is 3.04. The molecule has 0 atom stereocenters. The Morgan fingerprint density at radius 1 is 1.42 bits per heavy atom. The highest BCUT2D eigenvalue weighted by atomic mass is 19.1. The van der Waals surface area contributed by atoms with Crippen LogP contribution in [0.3, 0.4) is 0 Å². The van der Waals surface area contributed by atoms with Gasteiger partial charge in [-0.15, -0.1) is 0 Å². The van der Waals surface area contributed by atoms with E-state index in [1.54, 1.807) is 0 Å². The topological polar surface area (TPSA) is 40.9 Å². The van der Waals surface area contributed by atoms with Crippen molar-refractivity contribution in [3.63, 3.8) is 0 Å². The van der Waals surface area contributed by atoms with Crippen LogP contribution < -0.4 is 0 Å².